The molecule has 2 rings (SSSR count). The Hall–Kier alpha value is -0.580. The number of nitrogens with zero attached hydrogens (tertiary/aromatic N) is 1. The van der Waals surface area contributed by atoms with E-state index in [0.717, 1.165) is 24.5 Å². The quantitative estimate of drug-likeness (QED) is 0.896. The second-order valence-electron chi connectivity index (χ2n) is 4.38. The van der Waals surface area contributed by atoms with Gasteiger partial charge in [0.2, 0.25) is 5.91 Å². The fourth-order valence-electron chi connectivity index (χ4n) is 2.07. The Morgan fingerprint density at radius 1 is 1.65 bits per heavy atom. The maximum Gasteiger partial charge on any atom is 0.230 e. The van der Waals surface area contributed by atoms with Crippen LogP contribution in [0.2, 0.25) is 0 Å². The van der Waals surface area contributed by atoms with Crippen molar-refractivity contribution in [3.05, 3.63) is 22.4 Å². The molecule has 1 amide bonds. The van der Waals surface area contributed by atoms with Gasteiger partial charge in [-0.1, -0.05) is 6.07 Å². The van der Waals surface area contributed by atoms with Crippen LogP contribution in [0.15, 0.2) is 17.5 Å². The molecule has 96 valence electrons. The predicted octanol–water partition coefficient (Wildman–Crippen LogP) is 2.09. The molecule has 0 aliphatic carbocycles. The van der Waals surface area contributed by atoms with Gasteiger partial charge in [-0.2, -0.15) is 0 Å². The first-order valence-corrected chi connectivity index (χ1v) is 6.62. The molecule has 5 heteroatoms. The summed E-state index contributed by atoms with van der Waals surface area (Å²) >= 11 is 1.66. The molecule has 0 saturated carbocycles. The zero-order valence-corrected chi connectivity index (χ0v) is 11.8. The Morgan fingerprint density at radius 3 is 3.00 bits per heavy atom. The molecule has 2 atom stereocenters. The molecule has 0 aromatic carbocycles. The highest BCUT2D eigenvalue weighted by atomic mass is 35.5. The van der Waals surface area contributed by atoms with Crippen LogP contribution in [0.5, 0.6) is 0 Å². The molecular weight excluding hydrogens is 256 g/mol. The van der Waals surface area contributed by atoms with E-state index in [0.29, 0.717) is 6.04 Å². The highest BCUT2D eigenvalue weighted by Crippen LogP contribution is 2.23. The summed E-state index contributed by atoms with van der Waals surface area (Å²) in [7, 11) is 0. The van der Waals surface area contributed by atoms with E-state index in [2.05, 4.69) is 12.2 Å². The molecular formula is C12H19ClN2OS. The lowest BCUT2D eigenvalue weighted by Crippen LogP contribution is -2.52. The summed E-state index contributed by atoms with van der Waals surface area (Å²) in [5.74, 6) is 0.265. The third-order valence-electron chi connectivity index (χ3n) is 3.02. The van der Waals surface area contributed by atoms with Gasteiger partial charge < -0.3 is 10.2 Å². The van der Waals surface area contributed by atoms with Crippen LogP contribution in [0.4, 0.5) is 0 Å². The molecule has 17 heavy (non-hydrogen) atoms. The Labute approximate surface area is 113 Å². The Bertz CT molecular complexity index is 355. The number of thiophene rings is 1. The van der Waals surface area contributed by atoms with Crippen LogP contribution in [0.3, 0.4) is 0 Å². The monoisotopic (exact) mass is 274 g/mol. The van der Waals surface area contributed by atoms with Gasteiger partial charge in [-0.3, -0.25) is 4.79 Å². The molecule has 3 nitrogen and oxygen atoms in total. The number of carbonyl (C=O) groups is 1. The Kier molecular flexibility index (Phi) is 5.43. The van der Waals surface area contributed by atoms with Gasteiger partial charge in [-0.15, -0.1) is 23.7 Å². The molecule has 1 aromatic rings. The topological polar surface area (TPSA) is 32.3 Å². The molecule has 1 saturated heterocycles. The second-order valence-corrected chi connectivity index (χ2v) is 5.36. The first-order chi connectivity index (χ1) is 7.68. The number of carbonyl (C=O) groups excluding carboxylic acids is 1. The molecule has 0 bridgehead atoms. The number of rotatable bonds is 2. The van der Waals surface area contributed by atoms with Crippen molar-refractivity contribution in [2.75, 3.05) is 19.6 Å². The van der Waals surface area contributed by atoms with Gasteiger partial charge in [-0.05, 0) is 25.3 Å². The molecule has 1 aromatic heterocycles. The first kappa shape index (κ1) is 14.5. The molecule has 2 unspecified atom stereocenters. The summed E-state index contributed by atoms with van der Waals surface area (Å²) in [5.41, 5.74) is 0. The van der Waals surface area contributed by atoms with Crippen molar-refractivity contribution < 1.29 is 4.79 Å². The maximum absolute atomic E-state index is 12.2. The third-order valence-corrected chi connectivity index (χ3v) is 4.08. The molecule has 0 spiro atoms. The molecule has 1 aliphatic heterocycles. The third kappa shape index (κ3) is 3.44. The normalized spacial score (nSPS) is 21.8. The fourth-order valence-corrected chi connectivity index (χ4v) is 2.84. The van der Waals surface area contributed by atoms with Crippen molar-refractivity contribution >= 4 is 29.7 Å². The standard InChI is InChI=1S/C12H18N2OS.ClH/c1-9-8-14(6-5-13-9)12(15)10(2)11-4-3-7-16-11;/h3-4,7,9-10,13H,5-6,8H2,1-2H3;1H. The molecule has 0 radical (unpaired) electrons. The Morgan fingerprint density at radius 2 is 2.41 bits per heavy atom. The average molecular weight is 275 g/mol. The number of hydrogen-bond acceptors (Lipinski definition) is 3. The second kappa shape index (κ2) is 6.38. The van der Waals surface area contributed by atoms with Crippen LogP contribution < -0.4 is 5.32 Å². The smallest absolute Gasteiger partial charge is 0.230 e. The summed E-state index contributed by atoms with van der Waals surface area (Å²) in [5, 5.41) is 5.38. The molecule has 1 fully saturated rings. The van der Waals surface area contributed by atoms with Crippen molar-refractivity contribution in [2.45, 2.75) is 25.8 Å². The zero-order chi connectivity index (χ0) is 11.5. The van der Waals surface area contributed by atoms with E-state index in [4.69, 9.17) is 0 Å². The van der Waals surface area contributed by atoms with E-state index in [9.17, 15) is 4.79 Å². The minimum atomic E-state index is 0. The van der Waals surface area contributed by atoms with Gasteiger partial charge in [0.25, 0.3) is 0 Å². The van der Waals surface area contributed by atoms with E-state index in [1.54, 1.807) is 11.3 Å². The number of piperazine rings is 1. The van der Waals surface area contributed by atoms with Gasteiger partial charge in [0.15, 0.2) is 0 Å². The number of nitrogens with one attached hydrogen (secondary N) is 1. The summed E-state index contributed by atoms with van der Waals surface area (Å²) < 4.78 is 0. The zero-order valence-electron chi connectivity index (χ0n) is 10.2. The molecule has 2 heterocycles. The van der Waals surface area contributed by atoms with Gasteiger partial charge in [0, 0.05) is 30.6 Å². The Balaban J connectivity index is 0.00000144. The van der Waals surface area contributed by atoms with Crippen molar-refractivity contribution in [2.24, 2.45) is 0 Å². The van der Waals surface area contributed by atoms with E-state index in [1.165, 1.54) is 0 Å². The summed E-state index contributed by atoms with van der Waals surface area (Å²) in [6, 6.07) is 4.46. The summed E-state index contributed by atoms with van der Waals surface area (Å²) in [4.78, 5) is 15.4. The van der Waals surface area contributed by atoms with Crippen molar-refractivity contribution in [1.82, 2.24) is 10.2 Å². The van der Waals surface area contributed by atoms with Gasteiger partial charge in [-0.25, -0.2) is 0 Å². The SMILES string of the molecule is CC1CN(C(=O)C(C)c2cccs2)CCN1.Cl. The van der Waals surface area contributed by atoms with Gasteiger partial charge in [0.05, 0.1) is 5.92 Å². The van der Waals surface area contributed by atoms with E-state index < -0.39 is 0 Å². The van der Waals surface area contributed by atoms with Gasteiger partial charge >= 0.3 is 0 Å². The first-order valence-electron chi connectivity index (χ1n) is 5.74. The van der Waals surface area contributed by atoms with E-state index in [1.807, 2.05) is 29.3 Å². The summed E-state index contributed by atoms with van der Waals surface area (Å²) in [6.07, 6.45) is 0. The molecule has 1 N–H and O–H groups in total. The predicted molar refractivity (Wildman–Crippen MR) is 74.0 cm³/mol. The maximum atomic E-state index is 12.2. The van der Waals surface area contributed by atoms with Crippen molar-refractivity contribution in [3.8, 4) is 0 Å². The van der Waals surface area contributed by atoms with Crippen molar-refractivity contribution in [1.29, 1.82) is 0 Å². The number of halogens is 1. The highest BCUT2D eigenvalue weighted by Gasteiger charge is 2.25. The lowest BCUT2D eigenvalue weighted by Gasteiger charge is -2.33. The van der Waals surface area contributed by atoms with Crippen LogP contribution in [-0.2, 0) is 4.79 Å². The average Bonchev–Trinajstić information content (AvgIpc) is 2.80. The lowest BCUT2D eigenvalue weighted by atomic mass is 10.1. The highest BCUT2D eigenvalue weighted by molar-refractivity contribution is 7.10. The largest absolute Gasteiger partial charge is 0.339 e. The van der Waals surface area contributed by atoms with E-state index >= 15 is 0 Å². The van der Waals surface area contributed by atoms with Gasteiger partial charge in [0.1, 0.15) is 0 Å². The molecule has 1 aliphatic rings. The van der Waals surface area contributed by atoms with E-state index in [-0.39, 0.29) is 24.2 Å². The van der Waals surface area contributed by atoms with Crippen LogP contribution in [0.1, 0.15) is 24.6 Å². The van der Waals surface area contributed by atoms with Crippen LogP contribution in [-0.4, -0.2) is 36.5 Å². The van der Waals surface area contributed by atoms with Crippen LogP contribution >= 0.6 is 23.7 Å². The lowest BCUT2D eigenvalue weighted by molar-refractivity contribution is -0.133. The summed E-state index contributed by atoms with van der Waals surface area (Å²) in [6.45, 7) is 6.69. The number of amides is 1. The minimum absolute atomic E-state index is 0. The van der Waals surface area contributed by atoms with Crippen LogP contribution in [0, 0.1) is 0 Å². The van der Waals surface area contributed by atoms with Crippen LogP contribution in [0.25, 0.3) is 0 Å². The fraction of sp³-hybridized carbons (Fsp3) is 0.583. The minimum Gasteiger partial charge on any atom is -0.339 e. The number of hydrogen-bond donors (Lipinski definition) is 1. The van der Waals surface area contributed by atoms with Crippen molar-refractivity contribution in [3.63, 3.8) is 0 Å².